The van der Waals surface area contributed by atoms with Crippen LogP contribution in [0.5, 0.6) is 0 Å². The molecule has 1 aromatic carbocycles. The summed E-state index contributed by atoms with van der Waals surface area (Å²) in [5.41, 5.74) is 3.48. The Kier molecular flexibility index (Phi) is 5.74. The Morgan fingerprint density at radius 2 is 2.08 bits per heavy atom. The van der Waals surface area contributed by atoms with Crippen LogP contribution in [0.15, 0.2) is 29.3 Å². The summed E-state index contributed by atoms with van der Waals surface area (Å²) in [5.74, 6) is -0.261. The lowest BCUT2D eigenvalue weighted by molar-refractivity contribution is 0.100. The van der Waals surface area contributed by atoms with Gasteiger partial charge in [0.2, 0.25) is 0 Å². The Balaban J connectivity index is 2.12. The maximum Gasteiger partial charge on any atom is 0.289 e. The van der Waals surface area contributed by atoms with Crippen molar-refractivity contribution in [3.05, 3.63) is 49.4 Å². The Hall–Kier alpha value is -1.47. The largest absolute Gasteiger partial charge is 0.380 e. The van der Waals surface area contributed by atoms with E-state index in [9.17, 15) is 4.79 Å². The van der Waals surface area contributed by atoms with Gasteiger partial charge < -0.3 is 9.30 Å². The van der Waals surface area contributed by atoms with E-state index >= 15 is 0 Å². The fraction of sp³-hybridized carbons (Fsp3) is 0.333. The van der Waals surface area contributed by atoms with Gasteiger partial charge in [-0.25, -0.2) is 0 Å². The molecule has 0 aliphatic heterocycles. The van der Waals surface area contributed by atoms with E-state index in [4.69, 9.17) is 16.3 Å². The molecular weight excluding hydrogens is 376 g/mol. The first kappa shape index (κ1) is 18.3. The van der Waals surface area contributed by atoms with Crippen LogP contribution in [0.3, 0.4) is 0 Å². The predicted molar refractivity (Wildman–Crippen MR) is 105 cm³/mol. The molecule has 0 fully saturated rings. The molecule has 0 aliphatic carbocycles. The molecule has 25 heavy (non-hydrogen) atoms. The summed E-state index contributed by atoms with van der Waals surface area (Å²) in [6.45, 7) is 8.05. The standard InChI is InChI=1S/C18H19ClN2O2S2/c1-4-23-8-7-21-13-10-11(2)9-12(3)16(13)25-18(21)20-17(22)14-5-6-15(19)24-14/h5-6,9-10H,4,7-8H2,1-3H3. The summed E-state index contributed by atoms with van der Waals surface area (Å²) in [6, 6.07) is 7.72. The SMILES string of the molecule is CCOCCn1c(=NC(=O)c2ccc(Cl)s2)sc2c(C)cc(C)cc21. The second-order valence-electron chi connectivity index (χ2n) is 5.68. The highest BCUT2D eigenvalue weighted by Crippen LogP contribution is 2.24. The molecule has 3 rings (SSSR count). The van der Waals surface area contributed by atoms with Gasteiger partial charge >= 0.3 is 0 Å². The van der Waals surface area contributed by atoms with E-state index in [1.807, 2.05) is 6.92 Å². The van der Waals surface area contributed by atoms with Gasteiger partial charge in [-0.2, -0.15) is 4.99 Å². The van der Waals surface area contributed by atoms with Crippen LogP contribution in [0.4, 0.5) is 0 Å². The molecule has 3 aromatic rings. The third kappa shape index (κ3) is 4.03. The van der Waals surface area contributed by atoms with Gasteiger partial charge in [0.15, 0.2) is 4.80 Å². The third-order valence-corrected chi connectivity index (χ3v) is 6.21. The first-order valence-electron chi connectivity index (χ1n) is 8.02. The normalized spacial score (nSPS) is 12.2. The molecule has 4 nitrogen and oxygen atoms in total. The van der Waals surface area contributed by atoms with Crippen molar-refractivity contribution in [2.24, 2.45) is 4.99 Å². The first-order valence-corrected chi connectivity index (χ1v) is 10.0. The van der Waals surface area contributed by atoms with Gasteiger partial charge in [0, 0.05) is 13.2 Å². The fourth-order valence-electron chi connectivity index (χ4n) is 2.69. The molecule has 0 unspecified atom stereocenters. The zero-order chi connectivity index (χ0) is 18.0. The Labute approximate surface area is 159 Å². The van der Waals surface area contributed by atoms with Crippen molar-refractivity contribution < 1.29 is 9.53 Å². The van der Waals surface area contributed by atoms with Gasteiger partial charge in [0.25, 0.3) is 5.91 Å². The molecule has 0 bridgehead atoms. The molecule has 2 aromatic heterocycles. The fourth-order valence-corrected chi connectivity index (χ4v) is 4.72. The lowest BCUT2D eigenvalue weighted by atomic mass is 10.1. The summed E-state index contributed by atoms with van der Waals surface area (Å²) in [6.07, 6.45) is 0. The number of thiazole rings is 1. The van der Waals surface area contributed by atoms with Gasteiger partial charge in [0.1, 0.15) is 0 Å². The number of hydrogen-bond donors (Lipinski definition) is 0. The van der Waals surface area contributed by atoms with Crippen molar-refractivity contribution >= 4 is 50.4 Å². The first-order chi connectivity index (χ1) is 12.0. The van der Waals surface area contributed by atoms with Gasteiger partial charge in [-0.05, 0) is 50.1 Å². The third-order valence-electron chi connectivity index (χ3n) is 3.76. The van der Waals surface area contributed by atoms with Crippen molar-refractivity contribution in [3.8, 4) is 0 Å². The van der Waals surface area contributed by atoms with Gasteiger partial charge in [-0.1, -0.05) is 29.0 Å². The van der Waals surface area contributed by atoms with Crippen LogP contribution < -0.4 is 4.80 Å². The smallest absolute Gasteiger partial charge is 0.289 e. The van der Waals surface area contributed by atoms with E-state index in [1.54, 1.807) is 12.1 Å². The molecule has 1 amide bonds. The summed E-state index contributed by atoms with van der Waals surface area (Å²) < 4.78 is 9.32. The predicted octanol–water partition coefficient (Wildman–Crippen LogP) is 4.81. The van der Waals surface area contributed by atoms with Crippen LogP contribution in [-0.2, 0) is 11.3 Å². The summed E-state index contributed by atoms with van der Waals surface area (Å²) in [7, 11) is 0. The maximum absolute atomic E-state index is 12.5. The van der Waals surface area contributed by atoms with E-state index in [0.717, 1.165) is 10.2 Å². The molecule has 0 saturated heterocycles. The van der Waals surface area contributed by atoms with Crippen LogP contribution in [-0.4, -0.2) is 23.7 Å². The highest BCUT2D eigenvalue weighted by Gasteiger charge is 2.12. The second-order valence-corrected chi connectivity index (χ2v) is 8.38. The van der Waals surface area contributed by atoms with Crippen molar-refractivity contribution in [2.45, 2.75) is 27.3 Å². The minimum absolute atomic E-state index is 0.261. The molecule has 0 aliphatic rings. The van der Waals surface area contributed by atoms with Crippen LogP contribution in [0.2, 0.25) is 4.34 Å². The molecule has 0 atom stereocenters. The van der Waals surface area contributed by atoms with E-state index in [1.165, 1.54) is 33.8 Å². The van der Waals surface area contributed by atoms with Crippen LogP contribution >= 0.6 is 34.3 Å². The zero-order valence-electron chi connectivity index (χ0n) is 14.3. The molecule has 2 heterocycles. The molecule has 132 valence electrons. The Morgan fingerprint density at radius 1 is 1.28 bits per heavy atom. The van der Waals surface area contributed by atoms with Crippen LogP contribution in [0.25, 0.3) is 10.2 Å². The lowest BCUT2D eigenvalue weighted by Crippen LogP contribution is -2.19. The minimum Gasteiger partial charge on any atom is -0.380 e. The molecule has 0 N–H and O–H groups in total. The highest BCUT2D eigenvalue weighted by molar-refractivity contribution is 7.18. The average Bonchev–Trinajstić information content (AvgIpc) is 3.13. The number of thiophene rings is 1. The number of ether oxygens (including phenoxy) is 1. The monoisotopic (exact) mass is 394 g/mol. The Morgan fingerprint density at radius 3 is 2.76 bits per heavy atom. The number of hydrogen-bond acceptors (Lipinski definition) is 4. The molecule has 0 saturated carbocycles. The van der Waals surface area contributed by atoms with E-state index in [0.29, 0.717) is 33.8 Å². The minimum atomic E-state index is -0.261. The topological polar surface area (TPSA) is 43.6 Å². The number of aryl methyl sites for hydroxylation is 2. The number of fused-ring (bicyclic) bond motifs is 1. The number of benzene rings is 1. The van der Waals surface area contributed by atoms with Crippen molar-refractivity contribution in [1.29, 1.82) is 0 Å². The van der Waals surface area contributed by atoms with Crippen LogP contribution in [0.1, 0.15) is 27.7 Å². The number of nitrogens with zero attached hydrogens (tertiary/aromatic N) is 2. The van der Waals surface area contributed by atoms with Crippen molar-refractivity contribution in [2.75, 3.05) is 13.2 Å². The number of halogens is 1. The van der Waals surface area contributed by atoms with E-state index in [2.05, 4.69) is 35.5 Å². The van der Waals surface area contributed by atoms with Crippen LogP contribution in [0, 0.1) is 13.8 Å². The van der Waals surface area contributed by atoms with Gasteiger partial charge in [0.05, 0.1) is 26.0 Å². The Bertz CT molecular complexity index is 985. The van der Waals surface area contributed by atoms with Gasteiger partial charge in [-0.3, -0.25) is 4.79 Å². The van der Waals surface area contributed by atoms with Crippen molar-refractivity contribution in [3.63, 3.8) is 0 Å². The lowest BCUT2D eigenvalue weighted by Gasteiger charge is -2.06. The number of carbonyl (C=O) groups is 1. The van der Waals surface area contributed by atoms with E-state index in [-0.39, 0.29) is 5.91 Å². The summed E-state index contributed by atoms with van der Waals surface area (Å²) >= 11 is 8.72. The summed E-state index contributed by atoms with van der Waals surface area (Å²) in [4.78, 5) is 18.1. The molecule has 0 radical (unpaired) electrons. The van der Waals surface area contributed by atoms with Crippen molar-refractivity contribution in [1.82, 2.24) is 4.57 Å². The summed E-state index contributed by atoms with van der Waals surface area (Å²) in [5, 5.41) is 0. The molecular formula is C18H19ClN2O2S2. The number of carbonyl (C=O) groups excluding carboxylic acids is 1. The zero-order valence-corrected chi connectivity index (χ0v) is 16.7. The van der Waals surface area contributed by atoms with Gasteiger partial charge in [-0.15, -0.1) is 11.3 Å². The number of rotatable bonds is 5. The highest BCUT2D eigenvalue weighted by atomic mass is 35.5. The molecule has 7 heteroatoms. The molecule has 0 spiro atoms. The van der Waals surface area contributed by atoms with E-state index < -0.39 is 0 Å². The average molecular weight is 395 g/mol. The number of aromatic nitrogens is 1. The maximum atomic E-state index is 12.5. The quantitative estimate of drug-likeness (QED) is 0.582. The number of amides is 1. The second kappa shape index (κ2) is 7.83.